The third-order valence-corrected chi connectivity index (χ3v) is 3.36. The Morgan fingerprint density at radius 2 is 1.95 bits per heavy atom. The maximum Gasteiger partial charge on any atom is 0.417 e. The Hall–Kier alpha value is -2.50. The summed E-state index contributed by atoms with van der Waals surface area (Å²) in [7, 11) is 0. The van der Waals surface area contributed by atoms with Gasteiger partial charge in [-0.25, -0.2) is 4.98 Å². The molecule has 6 heteroatoms. The highest BCUT2D eigenvalue weighted by Crippen LogP contribution is 2.38. The van der Waals surface area contributed by atoms with Crippen molar-refractivity contribution < 1.29 is 17.6 Å². The second-order valence-corrected chi connectivity index (χ2v) is 4.71. The fraction of sp³-hybridized carbons (Fsp3) is 0.133. The van der Waals surface area contributed by atoms with Crippen LogP contribution >= 0.6 is 0 Å². The van der Waals surface area contributed by atoms with E-state index in [0.717, 1.165) is 6.07 Å². The first kappa shape index (κ1) is 13.5. The normalized spacial score (nSPS) is 12.0. The van der Waals surface area contributed by atoms with Crippen molar-refractivity contribution in [2.75, 3.05) is 5.73 Å². The number of aryl methyl sites for hydroxylation is 1. The molecule has 0 amide bonds. The lowest BCUT2D eigenvalue weighted by Crippen LogP contribution is -2.08. The number of hydrogen-bond acceptors (Lipinski definition) is 3. The molecule has 2 heterocycles. The Balaban J connectivity index is 2.41. The minimum Gasteiger partial charge on any atom is -0.463 e. The van der Waals surface area contributed by atoms with Crippen molar-refractivity contribution in [3.05, 3.63) is 47.7 Å². The van der Waals surface area contributed by atoms with E-state index in [-0.39, 0.29) is 22.4 Å². The standard InChI is InChI=1S/C15H11F3N2O/c1-8-11(19)5-4-9-10(15(16,17)18)7-12(20-14(8)9)13-3-2-6-21-13/h2-7H,19H2,1H3. The van der Waals surface area contributed by atoms with Gasteiger partial charge in [-0.15, -0.1) is 0 Å². The predicted octanol–water partition coefficient (Wildman–Crippen LogP) is 4.40. The maximum atomic E-state index is 13.3. The second-order valence-electron chi connectivity index (χ2n) is 4.71. The highest BCUT2D eigenvalue weighted by molar-refractivity contribution is 5.90. The zero-order valence-electron chi connectivity index (χ0n) is 11.0. The number of nitrogens with two attached hydrogens (primary N) is 1. The first-order valence-electron chi connectivity index (χ1n) is 6.19. The molecule has 0 atom stereocenters. The summed E-state index contributed by atoms with van der Waals surface area (Å²) in [6.07, 6.45) is -3.09. The van der Waals surface area contributed by atoms with Gasteiger partial charge in [0.2, 0.25) is 0 Å². The fourth-order valence-electron chi connectivity index (χ4n) is 2.23. The molecule has 0 fully saturated rings. The lowest BCUT2D eigenvalue weighted by atomic mass is 10.0. The van der Waals surface area contributed by atoms with Crippen molar-refractivity contribution in [2.24, 2.45) is 0 Å². The summed E-state index contributed by atoms with van der Waals surface area (Å²) in [6, 6.07) is 6.97. The lowest BCUT2D eigenvalue weighted by Gasteiger charge is -2.14. The third kappa shape index (κ3) is 2.22. The number of fused-ring (bicyclic) bond motifs is 1. The second kappa shape index (κ2) is 4.51. The van der Waals surface area contributed by atoms with Crippen LogP contribution in [0.2, 0.25) is 0 Å². The van der Waals surface area contributed by atoms with Gasteiger partial charge < -0.3 is 10.2 Å². The molecule has 0 saturated carbocycles. The van der Waals surface area contributed by atoms with Gasteiger partial charge in [-0.3, -0.25) is 0 Å². The monoisotopic (exact) mass is 292 g/mol. The van der Waals surface area contributed by atoms with Gasteiger partial charge in [0.1, 0.15) is 5.69 Å². The zero-order chi connectivity index (χ0) is 15.2. The average molecular weight is 292 g/mol. The number of benzene rings is 1. The summed E-state index contributed by atoms with van der Waals surface area (Å²) in [5.74, 6) is 0.282. The van der Waals surface area contributed by atoms with Gasteiger partial charge in [0.05, 0.1) is 17.3 Å². The first-order chi connectivity index (χ1) is 9.88. The molecule has 0 aliphatic rings. The summed E-state index contributed by atoms with van der Waals surface area (Å²) >= 11 is 0. The number of pyridine rings is 1. The first-order valence-corrected chi connectivity index (χ1v) is 6.19. The van der Waals surface area contributed by atoms with Crippen molar-refractivity contribution in [2.45, 2.75) is 13.1 Å². The number of alkyl halides is 3. The quantitative estimate of drug-likeness (QED) is 0.676. The van der Waals surface area contributed by atoms with Gasteiger partial charge in [0, 0.05) is 11.1 Å². The molecule has 0 aliphatic heterocycles. The van der Waals surface area contributed by atoms with Crippen LogP contribution < -0.4 is 5.73 Å². The van der Waals surface area contributed by atoms with Gasteiger partial charge in [-0.1, -0.05) is 6.07 Å². The van der Waals surface area contributed by atoms with Crippen LogP contribution in [0.15, 0.2) is 41.0 Å². The number of anilines is 1. The molecule has 108 valence electrons. The highest BCUT2D eigenvalue weighted by Gasteiger charge is 2.34. The Morgan fingerprint density at radius 3 is 2.57 bits per heavy atom. The molecule has 3 nitrogen and oxygen atoms in total. The summed E-state index contributed by atoms with van der Waals surface area (Å²) in [6.45, 7) is 1.65. The van der Waals surface area contributed by atoms with E-state index in [0.29, 0.717) is 11.3 Å². The Kier molecular flexibility index (Phi) is 2.90. The van der Waals surface area contributed by atoms with Crippen molar-refractivity contribution in [3.63, 3.8) is 0 Å². The minimum atomic E-state index is -4.48. The summed E-state index contributed by atoms with van der Waals surface area (Å²) in [5, 5.41) is 0.0320. The topological polar surface area (TPSA) is 52.0 Å². The number of halogens is 3. The molecule has 1 aromatic carbocycles. The van der Waals surface area contributed by atoms with Gasteiger partial charge >= 0.3 is 6.18 Å². The van der Waals surface area contributed by atoms with Crippen LogP contribution in [-0.2, 0) is 6.18 Å². The van der Waals surface area contributed by atoms with E-state index >= 15 is 0 Å². The maximum absolute atomic E-state index is 13.3. The highest BCUT2D eigenvalue weighted by atomic mass is 19.4. The fourth-order valence-corrected chi connectivity index (χ4v) is 2.23. The third-order valence-electron chi connectivity index (χ3n) is 3.36. The SMILES string of the molecule is Cc1c(N)ccc2c(C(F)(F)F)cc(-c3ccco3)nc12. The summed E-state index contributed by atoms with van der Waals surface area (Å²) < 4.78 is 45.0. The van der Waals surface area contributed by atoms with Crippen LogP contribution in [0.1, 0.15) is 11.1 Å². The smallest absolute Gasteiger partial charge is 0.417 e. The number of nitrogen functional groups attached to an aromatic ring is 1. The number of hydrogen-bond donors (Lipinski definition) is 1. The van der Waals surface area contributed by atoms with E-state index in [2.05, 4.69) is 4.98 Å². The van der Waals surface area contributed by atoms with Gasteiger partial charge in [-0.2, -0.15) is 13.2 Å². The lowest BCUT2D eigenvalue weighted by molar-refractivity contribution is -0.136. The van der Waals surface area contributed by atoms with Gasteiger partial charge in [0.25, 0.3) is 0 Å². The summed E-state index contributed by atoms with van der Waals surface area (Å²) in [5.41, 5.74) is 6.31. The molecule has 3 aromatic rings. The molecule has 0 aliphatic carbocycles. The molecule has 0 radical (unpaired) electrons. The Bertz CT molecular complexity index is 808. The van der Waals surface area contributed by atoms with Crippen LogP contribution in [-0.4, -0.2) is 4.98 Å². The molecule has 21 heavy (non-hydrogen) atoms. The van der Waals surface area contributed by atoms with E-state index < -0.39 is 11.7 Å². The molecule has 3 rings (SSSR count). The zero-order valence-corrected chi connectivity index (χ0v) is 11.0. The molecule has 0 spiro atoms. The van der Waals surface area contributed by atoms with Crippen LogP contribution in [0.4, 0.5) is 18.9 Å². The van der Waals surface area contributed by atoms with Crippen molar-refractivity contribution >= 4 is 16.6 Å². The molecular formula is C15H11F3N2O. The molecule has 0 unspecified atom stereocenters. The van der Waals surface area contributed by atoms with E-state index in [1.165, 1.54) is 18.4 Å². The van der Waals surface area contributed by atoms with Gasteiger partial charge in [0.15, 0.2) is 5.76 Å². The van der Waals surface area contributed by atoms with Crippen molar-refractivity contribution in [1.29, 1.82) is 0 Å². The minimum absolute atomic E-state index is 0.0320. The van der Waals surface area contributed by atoms with E-state index in [1.807, 2.05) is 0 Å². The van der Waals surface area contributed by atoms with E-state index in [4.69, 9.17) is 10.2 Å². The number of aromatic nitrogens is 1. The molecular weight excluding hydrogens is 281 g/mol. The largest absolute Gasteiger partial charge is 0.463 e. The Labute approximate surface area is 118 Å². The average Bonchev–Trinajstić information content (AvgIpc) is 2.95. The predicted molar refractivity (Wildman–Crippen MR) is 73.6 cm³/mol. The number of rotatable bonds is 1. The molecule has 0 saturated heterocycles. The van der Waals surface area contributed by atoms with Gasteiger partial charge in [-0.05, 0) is 36.8 Å². The number of furan rings is 1. The van der Waals surface area contributed by atoms with Crippen LogP contribution in [0.25, 0.3) is 22.4 Å². The Morgan fingerprint density at radius 1 is 1.19 bits per heavy atom. The number of nitrogens with zero attached hydrogens (tertiary/aromatic N) is 1. The van der Waals surface area contributed by atoms with Crippen LogP contribution in [0.3, 0.4) is 0 Å². The molecule has 0 bridgehead atoms. The van der Waals surface area contributed by atoms with E-state index in [9.17, 15) is 13.2 Å². The van der Waals surface area contributed by atoms with Crippen LogP contribution in [0, 0.1) is 6.92 Å². The summed E-state index contributed by atoms with van der Waals surface area (Å²) in [4.78, 5) is 4.28. The molecule has 2 N–H and O–H groups in total. The van der Waals surface area contributed by atoms with E-state index in [1.54, 1.807) is 19.1 Å². The van der Waals surface area contributed by atoms with Crippen molar-refractivity contribution in [1.82, 2.24) is 4.98 Å². The van der Waals surface area contributed by atoms with Crippen molar-refractivity contribution in [3.8, 4) is 11.5 Å². The van der Waals surface area contributed by atoms with Crippen LogP contribution in [0.5, 0.6) is 0 Å². The molecule has 2 aromatic heterocycles.